The van der Waals surface area contributed by atoms with E-state index in [1.165, 1.54) is 6.07 Å². The van der Waals surface area contributed by atoms with E-state index in [4.69, 9.17) is 0 Å². The lowest BCUT2D eigenvalue weighted by Crippen LogP contribution is -2.13. The Kier molecular flexibility index (Phi) is 5.54. The van der Waals surface area contributed by atoms with Crippen molar-refractivity contribution < 1.29 is 17.4 Å². The highest BCUT2D eigenvalue weighted by Gasteiger charge is 2.35. The molecule has 9 heteroatoms. The highest BCUT2D eigenvalue weighted by atomic mass is 32.2. The van der Waals surface area contributed by atoms with Gasteiger partial charge in [0.1, 0.15) is 11.6 Å². The second-order valence-electron chi connectivity index (χ2n) is 6.53. The van der Waals surface area contributed by atoms with E-state index in [1.807, 2.05) is 6.08 Å². The molecule has 5 nitrogen and oxygen atoms in total. The van der Waals surface area contributed by atoms with Gasteiger partial charge in [0.25, 0.3) is 0 Å². The van der Waals surface area contributed by atoms with Crippen molar-refractivity contribution in [1.82, 2.24) is 9.97 Å². The van der Waals surface area contributed by atoms with E-state index in [1.54, 1.807) is 48.5 Å². The van der Waals surface area contributed by atoms with Crippen LogP contribution in [-0.2, 0) is 17.2 Å². The summed E-state index contributed by atoms with van der Waals surface area (Å²) in [4.78, 5) is 8.48. The van der Waals surface area contributed by atoms with Gasteiger partial charge in [-0.05, 0) is 36.2 Å². The lowest BCUT2D eigenvalue weighted by atomic mass is 9.99. The van der Waals surface area contributed by atoms with Gasteiger partial charge in [-0.2, -0.15) is 13.2 Å². The topological polar surface area (TPSA) is 66.9 Å². The summed E-state index contributed by atoms with van der Waals surface area (Å²) in [6.45, 7) is 0.564. The largest absolute Gasteiger partial charge is 0.418 e. The first-order valence-electron chi connectivity index (χ1n) is 9.15. The fraction of sp³-hybridized carbons (Fsp3) is 0.143. The van der Waals surface area contributed by atoms with E-state index in [0.717, 1.165) is 6.07 Å². The Bertz CT molecular complexity index is 1130. The molecular formula is C21H17F3N4OS. The van der Waals surface area contributed by atoms with Crippen molar-refractivity contribution in [2.75, 3.05) is 16.6 Å². The zero-order valence-electron chi connectivity index (χ0n) is 15.6. The number of nitrogens with one attached hydrogen (secondary N) is 2. The Morgan fingerprint density at radius 3 is 2.60 bits per heavy atom. The summed E-state index contributed by atoms with van der Waals surface area (Å²) < 4.78 is 56.4. The van der Waals surface area contributed by atoms with E-state index in [-0.39, 0.29) is 16.5 Å². The highest BCUT2D eigenvalue weighted by molar-refractivity contribution is 7.86. The minimum Gasteiger partial charge on any atom is -0.370 e. The number of pyridine rings is 2. The van der Waals surface area contributed by atoms with Gasteiger partial charge >= 0.3 is 6.18 Å². The minimum absolute atomic E-state index is 0.0603. The molecule has 4 rings (SSSR count). The first kappa shape index (κ1) is 20.1. The quantitative estimate of drug-likeness (QED) is 0.519. The van der Waals surface area contributed by atoms with Gasteiger partial charge in [0, 0.05) is 12.1 Å². The Morgan fingerprint density at radius 2 is 1.77 bits per heavy atom. The zero-order chi connectivity index (χ0) is 21.1. The first-order valence-corrected chi connectivity index (χ1v) is 10.3. The van der Waals surface area contributed by atoms with Crippen molar-refractivity contribution in [3.05, 3.63) is 71.8 Å². The second-order valence-corrected chi connectivity index (χ2v) is 7.69. The maximum absolute atomic E-state index is 13.7. The standard InChI is InChI=1S/C21H17F3N4OS/c22-21(23,24)16-11-12-18-27-20(16)15-8-2-1-6-14(15)7-3-4-13-25-17-9-5-10-19(26-17)30(29)28-18/h1-3,5-12H,4,13H2,(H,25,26)(H,27,28)/b7-3+. The van der Waals surface area contributed by atoms with Gasteiger partial charge in [-0.1, -0.05) is 42.5 Å². The van der Waals surface area contributed by atoms with Gasteiger partial charge in [0.15, 0.2) is 16.0 Å². The molecule has 1 aliphatic heterocycles. The smallest absolute Gasteiger partial charge is 0.370 e. The van der Waals surface area contributed by atoms with Crippen LogP contribution >= 0.6 is 0 Å². The van der Waals surface area contributed by atoms with E-state index in [9.17, 15) is 17.4 Å². The van der Waals surface area contributed by atoms with Crippen molar-refractivity contribution in [3.8, 4) is 11.3 Å². The molecular weight excluding hydrogens is 413 g/mol. The van der Waals surface area contributed by atoms with Crippen LogP contribution in [0.1, 0.15) is 17.5 Å². The molecule has 0 saturated heterocycles. The maximum atomic E-state index is 13.7. The predicted octanol–water partition coefficient (Wildman–Crippen LogP) is 5.13. The van der Waals surface area contributed by atoms with E-state index in [2.05, 4.69) is 20.0 Å². The number of anilines is 2. The van der Waals surface area contributed by atoms with Crippen molar-refractivity contribution in [1.29, 1.82) is 0 Å². The monoisotopic (exact) mass is 430 g/mol. The van der Waals surface area contributed by atoms with Crippen LogP contribution < -0.4 is 10.0 Å². The van der Waals surface area contributed by atoms with Crippen molar-refractivity contribution in [2.45, 2.75) is 17.6 Å². The number of nitrogens with zero attached hydrogens (tertiary/aromatic N) is 2. The number of hydrogen-bond donors (Lipinski definition) is 2. The summed E-state index contributed by atoms with van der Waals surface area (Å²) in [6, 6.07) is 13.9. The summed E-state index contributed by atoms with van der Waals surface area (Å²) in [6.07, 6.45) is -0.301. The predicted molar refractivity (Wildman–Crippen MR) is 111 cm³/mol. The number of hydrogen-bond acceptors (Lipinski definition) is 4. The normalized spacial score (nSPS) is 17.5. The lowest BCUT2D eigenvalue weighted by Gasteiger charge is -2.15. The van der Waals surface area contributed by atoms with Crippen LogP contribution in [0.15, 0.2) is 65.7 Å². The molecule has 0 fully saturated rings. The molecule has 2 aromatic heterocycles. The third kappa shape index (κ3) is 4.35. The molecule has 0 amide bonds. The Morgan fingerprint density at radius 1 is 0.933 bits per heavy atom. The van der Waals surface area contributed by atoms with Crippen LogP contribution in [0.2, 0.25) is 0 Å². The van der Waals surface area contributed by atoms with Crippen molar-refractivity contribution in [3.63, 3.8) is 0 Å². The van der Waals surface area contributed by atoms with Crippen LogP contribution in [0.4, 0.5) is 24.8 Å². The second kappa shape index (κ2) is 8.27. The molecule has 1 aliphatic rings. The summed E-state index contributed by atoms with van der Waals surface area (Å²) in [5.74, 6) is 0.623. The number of fused-ring (bicyclic) bond motifs is 6. The number of halogens is 3. The van der Waals surface area contributed by atoms with E-state index >= 15 is 0 Å². The van der Waals surface area contributed by atoms with Gasteiger partial charge in [0.2, 0.25) is 0 Å². The fourth-order valence-corrected chi connectivity index (χ4v) is 3.86. The van der Waals surface area contributed by atoms with Crippen LogP contribution in [0.3, 0.4) is 0 Å². The molecule has 2 N–H and O–H groups in total. The minimum atomic E-state index is -4.58. The van der Waals surface area contributed by atoms with E-state index < -0.39 is 22.7 Å². The molecule has 3 heterocycles. The van der Waals surface area contributed by atoms with E-state index in [0.29, 0.717) is 29.9 Å². The van der Waals surface area contributed by atoms with Crippen molar-refractivity contribution in [2.24, 2.45) is 0 Å². The molecule has 1 atom stereocenters. The third-order valence-corrected chi connectivity index (χ3v) is 5.44. The number of alkyl halides is 3. The Labute approximate surface area is 173 Å². The molecule has 1 unspecified atom stereocenters. The summed E-state index contributed by atoms with van der Waals surface area (Å²) in [5, 5.41) is 3.39. The molecule has 0 aliphatic carbocycles. The summed E-state index contributed by atoms with van der Waals surface area (Å²) >= 11 is 0. The van der Waals surface area contributed by atoms with Gasteiger partial charge < -0.3 is 5.32 Å². The molecule has 3 aromatic rings. The summed E-state index contributed by atoms with van der Waals surface area (Å²) in [7, 11) is -1.79. The number of benzene rings is 1. The average molecular weight is 430 g/mol. The van der Waals surface area contributed by atoms with Gasteiger partial charge in [-0.3, -0.25) is 4.72 Å². The van der Waals surface area contributed by atoms with Crippen LogP contribution in [0.25, 0.3) is 17.3 Å². The molecule has 30 heavy (non-hydrogen) atoms. The van der Waals surface area contributed by atoms with Crippen molar-refractivity contribution >= 4 is 28.7 Å². The molecule has 1 aromatic carbocycles. The van der Waals surface area contributed by atoms with Crippen LogP contribution in [0, 0.1) is 0 Å². The van der Waals surface area contributed by atoms with Gasteiger partial charge in [-0.25, -0.2) is 14.2 Å². The molecule has 0 radical (unpaired) electrons. The SMILES string of the molecule is O=S1Nc2ccc(C(F)(F)F)c(n2)-c2ccccc2/C=C/CCNc2cccc1n2. The molecule has 0 saturated carbocycles. The Balaban J connectivity index is 1.88. The fourth-order valence-electron chi connectivity index (χ4n) is 3.07. The van der Waals surface area contributed by atoms with Crippen LogP contribution in [0.5, 0.6) is 0 Å². The molecule has 154 valence electrons. The summed E-state index contributed by atoms with van der Waals surface area (Å²) in [5.41, 5.74) is -0.121. The number of rotatable bonds is 0. The zero-order valence-corrected chi connectivity index (χ0v) is 16.4. The first-order chi connectivity index (χ1) is 14.4. The van der Waals surface area contributed by atoms with Gasteiger partial charge in [0.05, 0.1) is 11.3 Å². The lowest BCUT2D eigenvalue weighted by molar-refractivity contribution is -0.137. The highest BCUT2D eigenvalue weighted by Crippen LogP contribution is 2.38. The van der Waals surface area contributed by atoms with Gasteiger partial charge in [-0.15, -0.1) is 0 Å². The number of aromatic nitrogens is 2. The maximum Gasteiger partial charge on any atom is 0.418 e. The van der Waals surface area contributed by atoms with Crippen LogP contribution in [-0.4, -0.2) is 20.7 Å². The Hall–Kier alpha value is -3.20. The molecule has 4 bridgehead atoms. The third-order valence-electron chi connectivity index (χ3n) is 4.44. The average Bonchev–Trinajstić information content (AvgIpc) is 2.73. The molecule has 0 spiro atoms.